The van der Waals surface area contributed by atoms with Crippen molar-refractivity contribution in [3.8, 4) is 11.4 Å². The van der Waals surface area contributed by atoms with Crippen LogP contribution in [0.2, 0.25) is 5.02 Å². The second-order valence-corrected chi connectivity index (χ2v) is 5.67. The van der Waals surface area contributed by atoms with Crippen LogP contribution in [0.5, 0.6) is 0 Å². The number of hydrogen-bond donors (Lipinski definition) is 1. The SMILES string of the molecule is CNc1nc(-c2ccc(Cl)cc2C)nc2c1CCCC2. The third-order valence-corrected chi connectivity index (χ3v) is 4.08. The highest BCUT2D eigenvalue weighted by Gasteiger charge is 2.18. The zero-order valence-corrected chi connectivity index (χ0v) is 12.6. The van der Waals surface area contributed by atoms with Gasteiger partial charge in [-0.3, -0.25) is 0 Å². The molecule has 0 aliphatic heterocycles. The number of fused-ring (bicyclic) bond motifs is 1. The number of nitrogens with one attached hydrogen (secondary N) is 1. The van der Waals surface area contributed by atoms with E-state index in [1.165, 1.54) is 24.1 Å². The number of aromatic nitrogens is 2. The van der Waals surface area contributed by atoms with Gasteiger partial charge in [0.1, 0.15) is 5.82 Å². The molecule has 1 heterocycles. The first-order valence-electron chi connectivity index (χ1n) is 7.03. The molecule has 0 amide bonds. The van der Waals surface area contributed by atoms with Crippen molar-refractivity contribution in [1.29, 1.82) is 0 Å². The summed E-state index contributed by atoms with van der Waals surface area (Å²) in [5, 5.41) is 3.97. The zero-order valence-electron chi connectivity index (χ0n) is 11.8. The van der Waals surface area contributed by atoms with Crippen molar-refractivity contribution >= 4 is 17.4 Å². The van der Waals surface area contributed by atoms with Crippen LogP contribution in [0.15, 0.2) is 18.2 Å². The van der Waals surface area contributed by atoms with Crippen molar-refractivity contribution in [2.24, 2.45) is 0 Å². The Hall–Kier alpha value is -1.61. The van der Waals surface area contributed by atoms with E-state index in [9.17, 15) is 0 Å². The Kier molecular flexibility index (Phi) is 3.62. The van der Waals surface area contributed by atoms with E-state index in [2.05, 4.69) is 5.32 Å². The summed E-state index contributed by atoms with van der Waals surface area (Å²) >= 11 is 6.03. The molecule has 0 spiro atoms. The highest BCUT2D eigenvalue weighted by Crippen LogP contribution is 2.30. The molecule has 1 aliphatic carbocycles. The number of nitrogens with zero attached hydrogens (tertiary/aromatic N) is 2. The number of anilines is 1. The van der Waals surface area contributed by atoms with Crippen LogP contribution in [0, 0.1) is 6.92 Å². The van der Waals surface area contributed by atoms with Gasteiger partial charge >= 0.3 is 0 Å². The van der Waals surface area contributed by atoms with E-state index in [4.69, 9.17) is 21.6 Å². The average molecular weight is 288 g/mol. The molecule has 2 aromatic rings. The Labute approximate surface area is 124 Å². The molecule has 0 atom stereocenters. The Morgan fingerprint density at radius 1 is 1.15 bits per heavy atom. The molecule has 1 N–H and O–H groups in total. The van der Waals surface area contributed by atoms with Gasteiger partial charge in [-0.25, -0.2) is 9.97 Å². The highest BCUT2D eigenvalue weighted by atomic mass is 35.5. The number of hydrogen-bond acceptors (Lipinski definition) is 3. The van der Waals surface area contributed by atoms with Gasteiger partial charge in [-0.15, -0.1) is 0 Å². The van der Waals surface area contributed by atoms with Gasteiger partial charge in [0.25, 0.3) is 0 Å². The highest BCUT2D eigenvalue weighted by molar-refractivity contribution is 6.30. The van der Waals surface area contributed by atoms with Crippen LogP contribution in [0.4, 0.5) is 5.82 Å². The lowest BCUT2D eigenvalue weighted by molar-refractivity contribution is 0.665. The summed E-state index contributed by atoms with van der Waals surface area (Å²) in [6.45, 7) is 2.04. The smallest absolute Gasteiger partial charge is 0.162 e. The number of rotatable bonds is 2. The van der Waals surface area contributed by atoms with Crippen molar-refractivity contribution < 1.29 is 0 Å². The minimum Gasteiger partial charge on any atom is -0.373 e. The quantitative estimate of drug-likeness (QED) is 0.906. The normalized spacial score (nSPS) is 13.9. The lowest BCUT2D eigenvalue weighted by atomic mass is 9.96. The third kappa shape index (κ3) is 2.38. The largest absolute Gasteiger partial charge is 0.373 e. The molecule has 3 rings (SSSR count). The maximum Gasteiger partial charge on any atom is 0.162 e. The molecule has 1 aromatic heterocycles. The molecule has 20 heavy (non-hydrogen) atoms. The lowest BCUT2D eigenvalue weighted by Gasteiger charge is -2.19. The third-order valence-electron chi connectivity index (χ3n) is 3.85. The molecule has 0 saturated heterocycles. The minimum absolute atomic E-state index is 0.748. The molecular weight excluding hydrogens is 270 g/mol. The number of benzene rings is 1. The van der Waals surface area contributed by atoms with Gasteiger partial charge in [0, 0.05) is 28.9 Å². The first-order valence-corrected chi connectivity index (χ1v) is 7.41. The molecule has 3 nitrogen and oxygen atoms in total. The van der Waals surface area contributed by atoms with Crippen LogP contribution >= 0.6 is 11.6 Å². The Morgan fingerprint density at radius 3 is 2.70 bits per heavy atom. The maximum atomic E-state index is 6.03. The van der Waals surface area contributed by atoms with Crippen LogP contribution in [0.25, 0.3) is 11.4 Å². The van der Waals surface area contributed by atoms with E-state index in [0.29, 0.717) is 0 Å². The second-order valence-electron chi connectivity index (χ2n) is 5.24. The van der Waals surface area contributed by atoms with Gasteiger partial charge in [-0.05, 0) is 56.4 Å². The van der Waals surface area contributed by atoms with E-state index >= 15 is 0 Å². The van der Waals surface area contributed by atoms with Gasteiger partial charge in [0.05, 0.1) is 0 Å². The van der Waals surface area contributed by atoms with E-state index in [1.54, 1.807) is 0 Å². The average Bonchev–Trinajstić information content (AvgIpc) is 2.46. The second kappa shape index (κ2) is 5.41. The fourth-order valence-corrected chi connectivity index (χ4v) is 3.03. The molecule has 0 fully saturated rings. The van der Waals surface area contributed by atoms with Crippen LogP contribution in [0.1, 0.15) is 29.7 Å². The summed E-state index contributed by atoms with van der Waals surface area (Å²) in [6.07, 6.45) is 4.56. The van der Waals surface area contributed by atoms with Crippen molar-refractivity contribution in [2.45, 2.75) is 32.6 Å². The van der Waals surface area contributed by atoms with Gasteiger partial charge in [-0.1, -0.05) is 11.6 Å². The summed E-state index contributed by atoms with van der Waals surface area (Å²) in [6, 6.07) is 5.85. The van der Waals surface area contributed by atoms with Crippen molar-refractivity contribution in [2.75, 3.05) is 12.4 Å². The number of halogens is 1. The Bertz CT molecular complexity index is 635. The van der Waals surface area contributed by atoms with Crippen molar-refractivity contribution in [3.05, 3.63) is 40.0 Å². The molecule has 0 saturated carbocycles. The minimum atomic E-state index is 0.748. The van der Waals surface area contributed by atoms with E-state index in [0.717, 1.165) is 40.6 Å². The molecule has 104 valence electrons. The zero-order chi connectivity index (χ0) is 14.1. The first-order chi connectivity index (χ1) is 9.69. The molecule has 1 aliphatic rings. The van der Waals surface area contributed by atoms with Gasteiger partial charge < -0.3 is 5.32 Å². The molecule has 0 radical (unpaired) electrons. The topological polar surface area (TPSA) is 37.8 Å². The standard InChI is InChI=1S/C16H18ClN3/c1-10-9-11(17)7-8-12(10)16-19-14-6-4-3-5-13(14)15(18-2)20-16/h7-9H,3-6H2,1-2H3,(H,18,19,20). The molecule has 4 heteroatoms. The van der Waals surface area contributed by atoms with Gasteiger partial charge in [0.2, 0.25) is 0 Å². The Balaban J connectivity index is 2.14. The first kappa shape index (κ1) is 13.4. The number of aryl methyl sites for hydroxylation is 2. The maximum absolute atomic E-state index is 6.03. The lowest BCUT2D eigenvalue weighted by Crippen LogP contribution is -2.12. The van der Waals surface area contributed by atoms with Crippen LogP contribution in [-0.4, -0.2) is 17.0 Å². The van der Waals surface area contributed by atoms with Gasteiger partial charge in [0.15, 0.2) is 5.82 Å². The van der Waals surface area contributed by atoms with Crippen LogP contribution in [-0.2, 0) is 12.8 Å². The summed E-state index contributed by atoms with van der Waals surface area (Å²) in [5.74, 6) is 1.77. The molecule has 0 unspecified atom stereocenters. The van der Waals surface area contributed by atoms with Crippen molar-refractivity contribution in [3.63, 3.8) is 0 Å². The molecular formula is C16H18ClN3. The summed E-state index contributed by atoms with van der Waals surface area (Å²) in [4.78, 5) is 9.49. The fourth-order valence-electron chi connectivity index (χ4n) is 2.80. The fraction of sp³-hybridized carbons (Fsp3) is 0.375. The van der Waals surface area contributed by atoms with E-state index in [-0.39, 0.29) is 0 Å². The van der Waals surface area contributed by atoms with Crippen LogP contribution in [0.3, 0.4) is 0 Å². The Morgan fingerprint density at radius 2 is 1.95 bits per heavy atom. The van der Waals surface area contributed by atoms with E-state index in [1.807, 2.05) is 32.2 Å². The summed E-state index contributed by atoms with van der Waals surface area (Å²) < 4.78 is 0. The predicted molar refractivity (Wildman–Crippen MR) is 83.4 cm³/mol. The molecule has 1 aromatic carbocycles. The van der Waals surface area contributed by atoms with E-state index < -0.39 is 0 Å². The van der Waals surface area contributed by atoms with Gasteiger partial charge in [-0.2, -0.15) is 0 Å². The predicted octanol–water partition coefficient (Wildman–Crippen LogP) is 4.03. The molecule has 0 bridgehead atoms. The van der Waals surface area contributed by atoms with Crippen molar-refractivity contribution in [1.82, 2.24) is 9.97 Å². The van der Waals surface area contributed by atoms with Crippen LogP contribution < -0.4 is 5.32 Å². The summed E-state index contributed by atoms with van der Waals surface area (Å²) in [7, 11) is 1.93. The monoisotopic (exact) mass is 287 g/mol. The summed E-state index contributed by atoms with van der Waals surface area (Å²) in [5.41, 5.74) is 4.64.